The van der Waals surface area contributed by atoms with Crippen LogP contribution in [0.5, 0.6) is 0 Å². The minimum atomic E-state index is -0.656. The molecule has 1 aliphatic rings. The average molecular weight is 218 g/mol. The van der Waals surface area contributed by atoms with E-state index < -0.39 is 12.1 Å². The van der Waals surface area contributed by atoms with Gasteiger partial charge in [-0.1, -0.05) is 18.2 Å². The second-order valence-electron chi connectivity index (χ2n) is 3.52. The summed E-state index contributed by atoms with van der Waals surface area (Å²) >= 11 is 0. The van der Waals surface area contributed by atoms with Crippen molar-refractivity contribution < 1.29 is 9.53 Å². The number of esters is 1. The quantitative estimate of drug-likeness (QED) is 0.608. The van der Waals surface area contributed by atoms with Gasteiger partial charge in [0.15, 0.2) is 5.92 Å². The van der Waals surface area contributed by atoms with Crippen molar-refractivity contribution in [1.29, 1.82) is 5.39 Å². The van der Waals surface area contributed by atoms with E-state index in [1.165, 1.54) is 0 Å². The first-order chi connectivity index (χ1) is 7.77. The number of nitrogens with zero attached hydrogens (tertiary/aromatic N) is 2. The van der Waals surface area contributed by atoms with E-state index in [2.05, 4.69) is 10.3 Å². The van der Waals surface area contributed by atoms with Gasteiger partial charge in [0.1, 0.15) is 4.98 Å². The van der Waals surface area contributed by atoms with Gasteiger partial charge in [0.2, 0.25) is 5.39 Å². The van der Waals surface area contributed by atoms with Crippen LogP contribution in [0.2, 0.25) is 0 Å². The molecule has 1 heterocycles. The number of carbonyl (C=O) groups is 1. The zero-order valence-corrected chi connectivity index (χ0v) is 8.88. The zero-order valence-electron chi connectivity index (χ0n) is 8.88. The maximum Gasteiger partial charge on any atom is 0.405 e. The maximum atomic E-state index is 11.7. The predicted molar refractivity (Wildman–Crippen MR) is 58.3 cm³/mol. The summed E-state index contributed by atoms with van der Waals surface area (Å²) in [4.78, 5) is 14.9. The molecule has 1 aliphatic heterocycles. The van der Waals surface area contributed by atoms with Crippen LogP contribution in [0.3, 0.4) is 0 Å². The summed E-state index contributed by atoms with van der Waals surface area (Å²) in [5, 5.41) is 11.8. The van der Waals surface area contributed by atoms with Crippen LogP contribution < -0.4 is 5.32 Å². The molecule has 1 N–H and O–H groups in total. The van der Waals surface area contributed by atoms with Crippen molar-refractivity contribution >= 4 is 11.7 Å². The normalized spacial score (nSPS) is 21.8. The van der Waals surface area contributed by atoms with Gasteiger partial charge < -0.3 is 10.1 Å². The number of anilines is 1. The molecule has 2 unspecified atom stereocenters. The number of ether oxygens (including phenoxy) is 1. The van der Waals surface area contributed by atoms with Crippen molar-refractivity contribution in [2.75, 3.05) is 11.9 Å². The molecular formula is C11H12N3O2+. The molecule has 16 heavy (non-hydrogen) atoms. The van der Waals surface area contributed by atoms with Crippen molar-refractivity contribution in [2.24, 2.45) is 0 Å². The van der Waals surface area contributed by atoms with Crippen molar-refractivity contribution in [3.05, 3.63) is 34.8 Å². The summed E-state index contributed by atoms with van der Waals surface area (Å²) in [6, 6.07) is 7.36. The third kappa shape index (κ3) is 1.58. The molecule has 0 aliphatic carbocycles. The predicted octanol–water partition coefficient (Wildman–Crippen LogP) is 1.94. The standard InChI is InChI=1S/C11H12N3O2/c1-2-16-11(15)9-7-5-3-4-6-8(7)13-10(9)14-12/h3-6,9-10,13H,2H2,1H3/q+1. The molecule has 82 valence electrons. The summed E-state index contributed by atoms with van der Waals surface area (Å²) in [5.74, 6) is -0.941. The number of carbonyl (C=O) groups excluding carboxylic acids is 1. The number of hydrogen-bond donors (Lipinski definition) is 1. The highest BCUT2D eigenvalue weighted by molar-refractivity contribution is 5.85. The summed E-state index contributed by atoms with van der Waals surface area (Å²) in [7, 11) is 0. The first kappa shape index (κ1) is 10.4. The lowest BCUT2D eigenvalue weighted by atomic mass is 9.99. The van der Waals surface area contributed by atoms with E-state index in [9.17, 15) is 4.79 Å². The van der Waals surface area contributed by atoms with E-state index in [-0.39, 0.29) is 5.97 Å². The van der Waals surface area contributed by atoms with E-state index in [0.717, 1.165) is 11.3 Å². The topological polar surface area (TPSA) is 66.5 Å². The Bertz CT molecular complexity index is 453. The Morgan fingerprint density at radius 2 is 2.31 bits per heavy atom. The fourth-order valence-electron chi connectivity index (χ4n) is 1.90. The van der Waals surface area contributed by atoms with Gasteiger partial charge in [-0.15, -0.1) is 0 Å². The fraction of sp³-hybridized carbons (Fsp3) is 0.364. The molecule has 1 aromatic carbocycles. The van der Waals surface area contributed by atoms with Gasteiger partial charge in [0.25, 0.3) is 0 Å². The monoisotopic (exact) mass is 218 g/mol. The molecule has 1 aromatic rings. The summed E-state index contributed by atoms with van der Waals surface area (Å²) in [6.07, 6.45) is -0.656. The second-order valence-corrected chi connectivity index (χ2v) is 3.52. The van der Waals surface area contributed by atoms with Crippen LogP contribution in [0, 0.1) is 5.39 Å². The van der Waals surface area contributed by atoms with Gasteiger partial charge in [-0.25, -0.2) is 0 Å². The highest BCUT2D eigenvalue weighted by Gasteiger charge is 2.47. The van der Waals surface area contributed by atoms with Crippen molar-refractivity contribution in [1.82, 2.24) is 0 Å². The van der Waals surface area contributed by atoms with Gasteiger partial charge in [0, 0.05) is 5.69 Å². The van der Waals surface area contributed by atoms with Crippen molar-refractivity contribution in [2.45, 2.75) is 19.0 Å². The molecule has 0 amide bonds. The Hall–Kier alpha value is -2.09. The molecule has 2 atom stereocenters. The first-order valence-corrected chi connectivity index (χ1v) is 5.14. The molecule has 0 saturated heterocycles. The maximum absolute atomic E-state index is 11.7. The minimum Gasteiger partial charge on any atom is -0.465 e. The largest absolute Gasteiger partial charge is 0.465 e. The van der Waals surface area contributed by atoms with Crippen LogP contribution in [0.25, 0.3) is 4.98 Å². The van der Waals surface area contributed by atoms with Gasteiger partial charge in [0.05, 0.1) is 6.61 Å². The zero-order chi connectivity index (χ0) is 11.5. The Morgan fingerprint density at radius 1 is 1.56 bits per heavy atom. The van der Waals surface area contributed by atoms with Crippen LogP contribution >= 0.6 is 0 Å². The van der Waals surface area contributed by atoms with Gasteiger partial charge >= 0.3 is 12.1 Å². The summed E-state index contributed by atoms with van der Waals surface area (Å²) in [5.41, 5.74) is 1.62. The number of fused-ring (bicyclic) bond motifs is 1. The molecule has 0 aromatic heterocycles. The van der Waals surface area contributed by atoms with Crippen LogP contribution in [0.1, 0.15) is 18.4 Å². The smallest absolute Gasteiger partial charge is 0.405 e. The molecule has 0 radical (unpaired) electrons. The van der Waals surface area contributed by atoms with E-state index in [4.69, 9.17) is 10.1 Å². The molecule has 0 fully saturated rings. The third-order valence-electron chi connectivity index (χ3n) is 2.58. The van der Waals surface area contributed by atoms with E-state index in [1.54, 1.807) is 6.92 Å². The highest BCUT2D eigenvalue weighted by atomic mass is 16.5. The molecule has 2 rings (SSSR count). The lowest BCUT2D eigenvalue weighted by Crippen LogP contribution is -2.25. The van der Waals surface area contributed by atoms with E-state index in [1.807, 2.05) is 24.3 Å². The van der Waals surface area contributed by atoms with Gasteiger partial charge in [-0.05, 0) is 18.6 Å². The Kier molecular flexibility index (Phi) is 2.73. The molecule has 0 saturated carbocycles. The molecule has 0 bridgehead atoms. The summed E-state index contributed by atoms with van der Waals surface area (Å²) in [6.45, 7) is 2.06. The SMILES string of the molecule is CCOC(=O)C1c2ccccc2NC1[N+]#N. The molecular weight excluding hydrogens is 206 g/mol. The van der Waals surface area contributed by atoms with E-state index in [0.29, 0.717) is 6.61 Å². The van der Waals surface area contributed by atoms with Crippen LogP contribution in [-0.4, -0.2) is 18.7 Å². The number of benzene rings is 1. The lowest BCUT2D eigenvalue weighted by molar-refractivity contribution is -0.144. The minimum absolute atomic E-state index is 0.315. The lowest BCUT2D eigenvalue weighted by Gasteiger charge is -2.06. The molecule has 5 heteroatoms. The van der Waals surface area contributed by atoms with Crippen LogP contribution in [0.4, 0.5) is 5.69 Å². The molecule has 0 spiro atoms. The number of nitrogens with one attached hydrogen (secondary N) is 1. The average Bonchev–Trinajstić information content (AvgIpc) is 2.67. The molecule has 5 nitrogen and oxygen atoms in total. The number of diazo groups is 1. The fourth-order valence-corrected chi connectivity index (χ4v) is 1.90. The second kappa shape index (κ2) is 4.19. The Labute approximate surface area is 93.0 Å². The number of rotatable bonds is 2. The Balaban J connectivity index is 2.35. The highest BCUT2D eigenvalue weighted by Crippen LogP contribution is 2.37. The van der Waals surface area contributed by atoms with Gasteiger partial charge in [-0.3, -0.25) is 4.79 Å². The van der Waals surface area contributed by atoms with Crippen molar-refractivity contribution in [3.63, 3.8) is 0 Å². The van der Waals surface area contributed by atoms with Crippen LogP contribution in [-0.2, 0) is 9.53 Å². The van der Waals surface area contributed by atoms with Gasteiger partial charge in [-0.2, -0.15) is 0 Å². The number of para-hydroxylation sites is 1. The first-order valence-electron chi connectivity index (χ1n) is 5.14. The Morgan fingerprint density at radius 3 is 3.00 bits per heavy atom. The van der Waals surface area contributed by atoms with Crippen LogP contribution in [0.15, 0.2) is 24.3 Å². The summed E-state index contributed by atoms with van der Waals surface area (Å²) < 4.78 is 4.96. The van der Waals surface area contributed by atoms with E-state index >= 15 is 0 Å². The third-order valence-corrected chi connectivity index (χ3v) is 2.58. The number of hydrogen-bond acceptors (Lipinski definition) is 4. The van der Waals surface area contributed by atoms with Crippen molar-refractivity contribution in [3.8, 4) is 0 Å².